The molecule has 0 aliphatic carbocycles. The van der Waals surface area contributed by atoms with Crippen LogP contribution in [0.2, 0.25) is 0 Å². The van der Waals surface area contributed by atoms with Crippen molar-refractivity contribution in [3.8, 4) is 11.3 Å². The summed E-state index contributed by atoms with van der Waals surface area (Å²) in [6, 6.07) is 9.59. The maximum Gasteiger partial charge on any atom is 0.330 e. The molecule has 1 saturated heterocycles. The number of amides is 1. The van der Waals surface area contributed by atoms with Crippen LogP contribution in [0.25, 0.3) is 11.3 Å². The smallest absolute Gasteiger partial charge is 0.330 e. The van der Waals surface area contributed by atoms with Gasteiger partial charge >= 0.3 is 5.97 Å². The molecular formula is C17H18N2O4S. The quantitative estimate of drug-likeness (QED) is 0.834. The van der Waals surface area contributed by atoms with Crippen molar-refractivity contribution in [3.63, 3.8) is 0 Å². The van der Waals surface area contributed by atoms with Crippen LogP contribution in [0.3, 0.4) is 0 Å². The van der Waals surface area contributed by atoms with E-state index in [0.29, 0.717) is 30.2 Å². The third-order valence-electron chi connectivity index (χ3n) is 3.99. The number of oxazole rings is 1. The highest BCUT2D eigenvalue weighted by Gasteiger charge is 2.43. The molecule has 2 aromatic rings. The number of aliphatic carboxylic acids is 1. The van der Waals surface area contributed by atoms with Gasteiger partial charge in [-0.05, 0) is 12.2 Å². The first-order chi connectivity index (χ1) is 11.6. The summed E-state index contributed by atoms with van der Waals surface area (Å²) in [6.07, 6.45) is 2.57. The Morgan fingerprint density at radius 3 is 2.79 bits per heavy atom. The van der Waals surface area contributed by atoms with E-state index in [-0.39, 0.29) is 12.3 Å². The van der Waals surface area contributed by atoms with E-state index in [1.165, 1.54) is 0 Å². The number of carbonyl (C=O) groups is 2. The molecular weight excluding hydrogens is 328 g/mol. The number of hydrogen-bond acceptors (Lipinski definition) is 5. The average molecular weight is 346 g/mol. The Kier molecular flexibility index (Phi) is 4.89. The van der Waals surface area contributed by atoms with Crippen molar-refractivity contribution in [2.75, 3.05) is 11.5 Å². The van der Waals surface area contributed by atoms with Crippen LogP contribution in [-0.2, 0) is 16.0 Å². The van der Waals surface area contributed by atoms with Gasteiger partial charge in [-0.1, -0.05) is 30.3 Å². The molecule has 1 amide bonds. The number of carboxylic acids is 1. The van der Waals surface area contributed by atoms with Crippen molar-refractivity contribution in [2.45, 2.75) is 24.8 Å². The Labute approximate surface area is 143 Å². The molecule has 1 aliphatic heterocycles. The second-order valence-corrected chi connectivity index (χ2v) is 6.83. The number of benzene rings is 1. The summed E-state index contributed by atoms with van der Waals surface area (Å²) in [4.78, 5) is 27.7. The number of aryl methyl sites for hydroxylation is 1. The Bertz CT molecular complexity index is 723. The molecule has 1 aliphatic rings. The van der Waals surface area contributed by atoms with Gasteiger partial charge in [0.2, 0.25) is 5.91 Å². The average Bonchev–Trinajstić information content (AvgIpc) is 3.24. The Morgan fingerprint density at radius 2 is 2.12 bits per heavy atom. The fourth-order valence-corrected chi connectivity index (χ4v) is 3.92. The Morgan fingerprint density at radius 1 is 1.33 bits per heavy atom. The normalized spacial score (nSPS) is 20.0. The van der Waals surface area contributed by atoms with Gasteiger partial charge in [-0.15, -0.1) is 0 Å². The summed E-state index contributed by atoms with van der Waals surface area (Å²) in [5.41, 5.74) is -0.207. The summed E-state index contributed by atoms with van der Waals surface area (Å²) < 4.78 is 5.65. The zero-order valence-electron chi connectivity index (χ0n) is 13.0. The van der Waals surface area contributed by atoms with Crippen LogP contribution in [0.1, 0.15) is 18.7 Å². The van der Waals surface area contributed by atoms with Gasteiger partial charge in [0.25, 0.3) is 0 Å². The van der Waals surface area contributed by atoms with Gasteiger partial charge < -0.3 is 14.8 Å². The van der Waals surface area contributed by atoms with Crippen LogP contribution < -0.4 is 5.32 Å². The zero-order chi connectivity index (χ0) is 17.0. The minimum atomic E-state index is -1.13. The van der Waals surface area contributed by atoms with Crippen LogP contribution in [0.4, 0.5) is 0 Å². The lowest BCUT2D eigenvalue weighted by atomic mass is 9.99. The highest BCUT2D eigenvalue weighted by Crippen LogP contribution is 2.28. The maximum absolute atomic E-state index is 12.1. The number of thioether (sulfide) groups is 1. The first-order valence-electron chi connectivity index (χ1n) is 7.71. The van der Waals surface area contributed by atoms with Gasteiger partial charge in [0.1, 0.15) is 5.54 Å². The molecule has 7 heteroatoms. The molecule has 126 valence electrons. The number of rotatable bonds is 6. The SMILES string of the molecule is O=C(CCc1ncc(-c2ccccc2)o1)NC1(C(=O)O)CCSC1. The van der Waals surface area contributed by atoms with Crippen LogP contribution >= 0.6 is 11.8 Å². The predicted molar refractivity (Wildman–Crippen MR) is 90.7 cm³/mol. The summed E-state index contributed by atoms with van der Waals surface area (Å²) in [5.74, 6) is 1.01. The molecule has 1 aromatic heterocycles. The number of carboxylic acid groups (broad SMARTS) is 1. The molecule has 0 radical (unpaired) electrons. The number of carbonyl (C=O) groups excluding carboxylic acids is 1. The Balaban J connectivity index is 1.57. The van der Waals surface area contributed by atoms with Crippen LogP contribution in [0, 0.1) is 0 Å². The van der Waals surface area contributed by atoms with Crippen molar-refractivity contribution < 1.29 is 19.1 Å². The van der Waals surface area contributed by atoms with Crippen molar-refractivity contribution in [1.82, 2.24) is 10.3 Å². The number of nitrogens with one attached hydrogen (secondary N) is 1. The van der Waals surface area contributed by atoms with Crippen molar-refractivity contribution in [3.05, 3.63) is 42.4 Å². The fourth-order valence-electron chi connectivity index (χ4n) is 2.60. The lowest BCUT2D eigenvalue weighted by molar-refractivity contribution is -0.146. The summed E-state index contributed by atoms with van der Waals surface area (Å²) in [6.45, 7) is 0. The molecule has 1 atom stereocenters. The van der Waals surface area contributed by atoms with Crippen molar-refractivity contribution in [1.29, 1.82) is 0 Å². The van der Waals surface area contributed by atoms with E-state index in [9.17, 15) is 14.7 Å². The van der Waals surface area contributed by atoms with E-state index in [1.54, 1.807) is 18.0 Å². The summed E-state index contributed by atoms with van der Waals surface area (Å²) in [5, 5.41) is 12.0. The third-order valence-corrected chi connectivity index (χ3v) is 5.18. The van der Waals surface area contributed by atoms with Gasteiger partial charge in [0.15, 0.2) is 11.7 Å². The van der Waals surface area contributed by atoms with Crippen LogP contribution in [-0.4, -0.2) is 39.0 Å². The van der Waals surface area contributed by atoms with E-state index < -0.39 is 11.5 Å². The molecule has 24 heavy (non-hydrogen) atoms. The van der Waals surface area contributed by atoms with Gasteiger partial charge in [0, 0.05) is 24.2 Å². The van der Waals surface area contributed by atoms with E-state index in [4.69, 9.17) is 4.42 Å². The molecule has 3 rings (SSSR count). The van der Waals surface area contributed by atoms with Gasteiger partial charge in [-0.3, -0.25) is 4.79 Å². The minimum absolute atomic E-state index is 0.147. The predicted octanol–water partition coefficient (Wildman–Crippen LogP) is 2.35. The lowest BCUT2D eigenvalue weighted by Gasteiger charge is -2.24. The lowest BCUT2D eigenvalue weighted by Crippen LogP contribution is -2.54. The molecule has 1 fully saturated rings. The van der Waals surface area contributed by atoms with E-state index in [1.807, 2.05) is 30.3 Å². The van der Waals surface area contributed by atoms with Crippen molar-refractivity contribution in [2.24, 2.45) is 0 Å². The standard InChI is InChI=1S/C17H18N2O4S/c20-14(19-17(16(21)22)8-9-24-11-17)6-7-15-18-10-13(23-15)12-4-2-1-3-5-12/h1-5,10H,6-9,11H2,(H,19,20)(H,21,22). The molecule has 0 saturated carbocycles. The first kappa shape index (κ1) is 16.6. The van der Waals surface area contributed by atoms with Crippen molar-refractivity contribution >= 4 is 23.6 Å². The van der Waals surface area contributed by atoms with E-state index in [0.717, 1.165) is 11.3 Å². The first-order valence-corrected chi connectivity index (χ1v) is 8.87. The highest BCUT2D eigenvalue weighted by atomic mass is 32.2. The van der Waals surface area contributed by atoms with E-state index >= 15 is 0 Å². The second kappa shape index (κ2) is 7.09. The molecule has 1 aromatic carbocycles. The van der Waals surface area contributed by atoms with Crippen LogP contribution in [0.15, 0.2) is 40.9 Å². The monoisotopic (exact) mass is 346 g/mol. The molecule has 0 bridgehead atoms. The van der Waals surface area contributed by atoms with E-state index in [2.05, 4.69) is 10.3 Å². The summed E-state index contributed by atoms with van der Waals surface area (Å²) in [7, 11) is 0. The maximum atomic E-state index is 12.1. The van der Waals surface area contributed by atoms with Crippen LogP contribution in [0.5, 0.6) is 0 Å². The molecule has 2 heterocycles. The molecule has 2 N–H and O–H groups in total. The number of hydrogen-bond donors (Lipinski definition) is 2. The fraction of sp³-hybridized carbons (Fsp3) is 0.353. The summed E-state index contributed by atoms with van der Waals surface area (Å²) >= 11 is 1.54. The van der Waals surface area contributed by atoms with Gasteiger partial charge in [-0.25, -0.2) is 9.78 Å². The topological polar surface area (TPSA) is 92.4 Å². The largest absolute Gasteiger partial charge is 0.479 e. The highest BCUT2D eigenvalue weighted by molar-refractivity contribution is 7.99. The minimum Gasteiger partial charge on any atom is -0.479 e. The second-order valence-electron chi connectivity index (χ2n) is 5.72. The number of nitrogens with zero attached hydrogens (tertiary/aromatic N) is 1. The molecule has 1 unspecified atom stereocenters. The third kappa shape index (κ3) is 3.62. The number of aromatic nitrogens is 1. The zero-order valence-corrected chi connectivity index (χ0v) is 13.8. The molecule has 6 nitrogen and oxygen atoms in total. The molecule has 0 spiro atoms. The van der Waals surface area contributed by atoms with Gasteiger partial charge in [0.05, 0.1) is 6.20 Å². The van der Waals surface area contributed by atoms with Gasteiger partial charge in [-0.2, -0.15) is 11.8 Å². The Hall–Kier alpha value is -2.28.